The highest BCUT2D eigenvalue weighted by Crippen LogP contribution is 2.32. The maximum atomic E-state index is 12.6. The Labute approximate surface area is 118 Å². The highest BCUT2D eigenvalue weighted by molar-refractivity contribution is 7.14. The van der Waals surface area contributed by atoms with E-state index in [0.29, 0.717) is 5.92 Å². The lowest BCUT2D eigenvalue weighted by Gasteiger charge is -2.36. The van der Waals surface area contributed by atoms with E-state index in [1.54, 1.807) is 11.3 Å². The van der Waals surface area contributed by atoms with Crippen LogP contribution in [0.3, 0.4) is 0 Å². The summed E-state index contributed by atoms with van der Waals surface area (Å²) in [4.78, 5) is 17.0. The highest BCUT2D eigenvalue weighted by atomic mass is 32.1. The van der Waals surface area contributed by atoms with E-state index in [9.17, 15) is 4.79 Å². The van der Waals surface area contributed by atoms with Crippen molar-refractivity contribution >= 4 is 17.2 Å². The topological polar surface area (TPSA) is 46.3 Å². The van der Waals surface area contributed by atoms with Gasteiger partial charge in [-0.25, -0.2) is 0 Å². The first-order chi connectivity index (χ1) is 9.19. The minimum Gasteiger partial charge on any atom is -0.338 e. The molecule has 1 aromatic rings. The molecule has 0 saturated carbocycles. The summed E-state index contributed by atoms with van der Waals surface area (Å²) in [7, 11) is 0. The first kappa shape index (κ1) is 13.1. The first-order valence-corrected chi connectivity index (χ1v) is 8.17. The van der Waals surface area contributed by atoms with Crippen molar-refractivity contribution < 1.29 is 4.79 Å². The fraction of sp³-hybridized carbons (Fsp3) is 0.667. The number of likely N-dealkylation sites (tertiary alicyclic amines) is 1. The quantitative estimate of drug-likeness (QED) is 0.903. The number of carbonyl (C=O) groups excluding carboxylic acids is 1. The lowest BCUT2D eigenvalue weighted by molar-refractivity contribution is 0.0654. The molecule has 1 saturated heterocycles. The van der Waals surface area contributed by atoms with Crippen LogP contribution in [0.2, 0.25) is 0 Å². The molecule has 3 nitrogen and oxygen atoms in total. The fourth-order valence-corrected chi connectivity index (χ4v) is 4.48. The third-order valence-electron chi connectivity index (χ3n) is 4.56. The molecule has 0 aromatic carbocycles. The second-order valence-corrected chi connectivity index (χ2v) is 6.92. The van der Waals surface area contributed by atoms with Crippen LogP contribution in [-0.4, -0.2) is 29.9 Å². The van der Waals surface area contributed by atoms with Gasteiger partial charge in [0, 0.05) is 24.0 Å². The molecule has 1 fully saturated rings. The number of nitrogens with zero attached hydrogens (tertiary/aromatic N) is 1. The lowest BCUT2D eigenvalue weighted by Crippen LogP contribution is -2.48. The Bertz CT molecular complexity index is 461. The number of fused-ring (bicyclic) bond motifs is 1. The van der Waals surface area contributed by atoms with Crippen LogP contribution in [0.25, 0.3) is 0 Å². The zero-order valence-corrected chi connectivity index (χ0v) is 12.3. The number of carbonyl (C=O) groups is 1. The summed E-state index contributed by atoms with van der Waals surface area (Å²) in [6, 6.07) is 2.40. The van der Waals surface area contributed by atoms with Gasteiger partial charge in [0.25, 0.3) is 5.91 Å². The number of rotatable bonds is 2. The van der Waals surface area contributed by atoms with Crippen molar-refractivity contribution in [3.8, 4) is 0 Å². The van der Waals surface area contributed by atoms with Crippen LogP contribution in [0.5, 0.6) is 0 Å². The third kappa shape index (κ3) is 2.43. The molecule has 1 aliphatic heterocycles. The Kier molecular flexibility index (Phi) is 3.63. The van der Waals surface area contributed by atoms with E-state index < -0.39 is 0 Å². The summed E-state index contributed by atoms with van der Waals surface area (Å²) in [5.41, 5.74) is 7.53. The number of hydrogen-bond acceptors (Lipinski definition) is 3. The molecule has 1 aromatic heterocycles. The summed E-state index contributed by atoms with van der Waals surface area (Å²) in [6.45, 7) is 3.82. The van der Waals surface area contributed by atoms with Crippen LogP contribution in [0.15, 0.2) is 6.07 Å². The van der Waals surface area contributed by atoms with Crippen molar-refractivity contribution in [2.75, 3.05) is 13.1 Å². The van der Waals surface area contributed by atoms with Gasteiger partial charge in [-0.3, -0.25) is 4.79 Å². The molecule has 0 bridgehead atoms. The number of hydrogen-bond donors (Lipinski definition) is 1. The largest absolute Gasteiger partial charge is 0.338 e. The molecule has 2 unspecified atom stereocenters. The Morgan fingerprint density at radius 2 is 2.37 bits per heavy atom. The minimum atomic E-state index is 0.227. The Balaban J connectivity index is 1.73. The van der Waals surface area contributed by atoms with E-state index in [0.717, 1.165) is 43.6 Å². The minimum absolute atomic E-state index is 0.227. The van der Waals surface area contributed by atoms with Crippen molar-refractivity contribution in [1.82, 2.24) is 4.90 Å². The van der Waals surface area contributed by atoms with Gasteiger partial charge in [-0.15, -0.1) is 11.3 Å². The molecule has 19 heavy (non-hydrogen) atoms. The number of thiophene rings is 1. The number of aryl methyl sites for hydroxylation is 2. The van der Waals surface area contributed by atoms with Gasteiger partial charge in [0.1, 0.15) is 0 Å². The smallest absolute Gasteiger partial charge is 0.263 e. The first-order valence-electron chi connectivity index (χ1n) is 7.35. The summed E-state index contributed by atoms with van der Waals surface area (Å²) in [6.07, 6.45) is 5.57. The molecule has 2 heterocycles. The highest BCUT2D eigenvalue weighted by Gasteiger charge is 2.30. The molecule has 0 spiro atoms. The fourth-order valence-electron chi connectivity index (χ4n) is 3.26. The van der Waals surface area contributed by atoms with Crippen molar-refractivity contribution in [2.24, 2.45) is 11.7 Å². The number of amides is 1. The van der Waals surface area contributed by atoms with Gasteiger partial charge in [0.05, 0.1) is 4.88 Å². The predicted molar refractivity (Wildman–Crippen MR) is 78.6 cm³/mol. The van der Waals surface area contributed by atoms with Gasteiger partial charge in [0.15, 0.2) is 0 Å². The molecule has 4 heteroatoms. The van der Waals surface area contributed by atoms with E-state index >= 15 is 0 Å². The standard InChI is InChI=1S/C15H22N2OS/c1-2-10-9-17(7-6-12(10)16)15(18)14-8-11-4-3-5-13(11)19-14/h8,10,12H,2-7,9,16H2,1H3. The van der Waals surface area contributed by atoms with Crippen molar-refractivity contribution in [1.29, 1.82) is 0 Å². The van der Waals surface area contributed by atoms with Crippen LogP contribution >= 0.6 is 11.3 Å². The molecule has 2 atom stereocenters. The monoisotopic (exact) mass is 278 g/mol. The van der Waals surface area contributed by atoms with Gasteiger partial charge >= 0.3 is 0 Å². The molecule has 1 amide bonds. The SMILES string of the molecule is CCC1CN(C(=O)c2cc3c(s2)CCC3)CCC1N. The maximum Gasteiger partial charge on any atom is 0.263 e. The van der Waals surface area contributed by atoms with Gasteiger partial charge in [0.2, 0.25) is 0 Å². The van der Waals surface area contributed by atoms with E-state index in [1.165, 1.54) is 16.9 Å². The van der Waals surface area contributed by atoms with Crippen LogP contribution < -0.4 is 5.73 Å². The third-order valence-corrected chi connectivity index (χ3v) is 5.79. The summed E-state index contributed by atoms with van der Waals surface area (Å²) >= 11 is 1.71. The Morgan fingerprint density at radius 1 is 1.53 bits per heavy atom. The van der Waals surface area contributed by atoms with Crippen LogP contribution in [0.4, 0.5) is 0 Å². The van der Waals surface area contributed by atoms with E-state index in [4.69, 9.17) is 5.73 Å². The molecule has 104 valence electrons. The van der Waals surface area contributed by atoms with Gasteiger partial charge < -0.3 is 10.6 Å². The van der Waals surface area contributed by atoms with Gasteiger partial charge in [-0.1, -0.05) is 13.3 Å². The molecule has 1 aliphatic carbocycles. The molecule has 2 N–H and O–H groups in total. The summed E-state index contributed by atoms with van der Waals surface area (Å²) < 4.78 is 0. The second-order valence-electron chi connectivity index (χ2n) is 5.78. The molecule has 3 rings (SSSR count). The van der Waals surface area contributed by atoms with Crippen LogP contribution in [0.1, 0.15) is 46.3 Å². The average molecular weight is 278 g/mol. The Hall–Kier alpha value is -0.870. The normalized spacial score (nSPS) is 26.5. The summed E-state index contributed by atoms with van der Waals surface area (Å²) in [5, 5.41) is 0. The predicted octanol–water partition coefficient (Wildman–Crippen LogP) is 2.44. The van der Waals surface area contributed by atoms with Crippen molar-refractivity contribution in [3.63, 3.8) is 0 Å². The second kappa shape index (κ2) is 5.25. The number of nitrogens with two attached hydrogens (primary N) is 1. The van der Waals surface area contributed by atoms with E-state index in [1.807, 2.05) is 4.90 Å². The maximum absolute atomic E-state index is 12.6. The molecule has 2 aliphatic rings. The molecule has 0 radical (unpaired) electrons. The van der Waals surface area contributed by atoms with Gasteiger partial charge in [-0.2, -0.15) is 0 Å². The zero-order valence-electron chi connectivity index (χ0n) is 11.5. The van der Waals surface area contributed by atoms with Crippen LogP contribution in [0, 0.1) is 5.92 Å². The number of piperidine rings is 1. The lowest BCUT2D eigenvalue weighted by atomic mass is 9.90. The average Bonchev–Trinajstić information content (AvgIpc) is 2.99. The van der Waals surface area contributed by atoms with Crippen molar-refractivity contribution in [3.05, 3.63) is 21.4 Å². The van der Waals surface area contributed by atoms with Crippen LogP contribution in [-0.2, 0) is 12.8 Å². The van der Waals surface area contributed by atoms with E-state index in [-0.39, 0.29) is 11.9 Å². The summed E-state index contributed by atoms with van der Waals surface area (Å²) in [5.74, 6) is 0.689. The molecular weight excluding hydrogens is 256 g/mol. The van der Waals surface area contributed by atoms with Gasteiger partial charge in [-0.05, 0) is 43.2 Å². The Morgan fingerprint density at radius 3 is 3.11 bits per heavy atom. The zero-order chi connectivity index (χ0) is 13.4. The van der Waals surface area contributed by atoms with E-state index in [2.05, 4.69) is 13.0 Å². The van der Waals surface area contributed by atoms with Crippen molar-refractivity contribution in [2.45, 2.75) is 45.1 Å². The molecular formula is C15H22N2OS.